The molecule has 0 saturated heterocycles. The van der Waals surface area contributed by atoms with Crippen molar-refractivity contribution in [2.24, 2.45) is 0 Å². The lowest BCUT2D eigenvalue weighted by atomic mass is 10.1. The van der Waals surface area contributed by atoms with Crippen molar-refractivity contribution in [2.45, 2.75) is 13.8 Å². The first-order valence-electron chi connectivity index (χ1n) is 10.1. The molecule has 3 aromatic rings. The Kier molecular flexibility index (Phi) is 7.85. The van der Waals surface area contributed by atoms with Crippen LogP contribution < -0.4 is 15.4 Å². The fourth-order valence-corrected chi connectivity index (χ4v) is 3.09. The molecule has 0 atom stereocenters. The van der Waals surface area contributed by atoms with E-state index in [9.17, 15) is 14.9 Å². The summed E-state index contributed by atoms with van der Waals surface area (Å²) in [6, 6.07) is 21.1. The molecule has 166 valence electrons. The third-order valence-electron chi connectivity index (χ3n) is 4.88. The number of ether oxygens (including phenoxy) is 1. The number of aryl methyl sites for hydroxylation is 1. The van der Waals surface area contributed by atoms with Crippen molar-refractivity contribution in [1.82, 2.24) is 0 Å². The van der Waals surface area contributed by atoms with E-state index in [1.807, 2.05) is 32.0 Å². The van der Waals surface area contributed by atoms with Crippen LogP contribution in [0.2, 0.25) is 5.02 Å². The maximum atomic E-state index is 12.6. The molecule has 0 aromatic heterocycles. The van der Waals surface area contributed by atoms with E-state index in [-0.39, 0.29) is 18.1 Å². The predicted molar refractivity (Wildman–Crippen MR) is 130 cm³/mol. The van der Waals surface area contributed by atoms with Gasteiger partial charge in [0, 0.05) is 16.4 Å². The van der Waals surface area contributed by atoms with Crippen molar-refractivity contribution < 1.29 is 14.3 Å². The number of rotatable bonds is 7. The first kappa shape index (κ1) is 23.6. The highest BCUT2D eigenvalue weighted by Crippen LogP contribution is 2.20. The molecular formula is C26H22ClN3O3. The monoisotopic (exact) mass is 459 g/mol. The van der Waals surface area contributed by atoms with Crippen molar-refractivity contribution in [3.05, 3.63) is 94.0 Å². The van der Waals surface area contributed by atoms with E-state index in [1.165, 1.54) is 6.08 Å². The zero-order chi connectivity index (χ0) is 23.8. The summed E-state index contributed by atoms with van der Waals surface area (Å²) in [6.07, 6.45) is 1.47. The highest BCUT2D eigenvalue weighted by atomic mass is 35.5. The Bertz CT molecular complexity index is 1240. The van der Waals surface area contributed by atoms with Crippen LogP contribution in [0.15, 0.2) is 72.3 Å². The lowest BCUT2D eigenvalue weighted by Gasteiger charge is -2.10. The third-order valence-corrected chi connectivity index (χ3v) is 5.14. The molecule has 3 rings (SSSR count). The smallest absolute Gasteiger partial charge is 0.266 e. The molecule has 0 aliphatic rings. The minimum atomic E-state index is -0.500. The van der Waals surface area contributed by atoms with Crippen LogP contribution in [-0.2, 0) is 9.59 Å². The summed E-state index contributed by atoms with van der Waals surface area (Å²) in [7, 11) is 0. The summed E-state index contributed by atoms with van der Waals surface area (Å²) >= 11 is 5.84. The van der Waals surface area contributed by atoms with Crippen LogP contribution in [0.3, 0.4) is 0 Å². The topological polar surface area (TPSA) is 91.2 Å². The molecule has 33 heavy (non-hydrogen) atoms. The standard InChI is InChI=1S/C26H22ClN3O3/c1-17-5-3-8-24(18(17)2)30-26(32)20(15-28)13-19-6-4-7-23(14-19)33-16-25(31)29-22-11-9-21(27)10-12-22/h3-14H,16H2,1-2H3,(H,29,31)(H,30,32)/b20-13-. The van der Waals surface area contributed by atoms with Crippen LogP contribution in [-0.4, -0.2) is 18.4 Å². The van der Waals surface area contributed by atoms with Crippen molar-refractivity contribution in [1.29, 1.82) is 5.26 Å². The molecular weight excluding hydrogens is 438 g/mol. The van der Waals surface area contributed by atoms with E-state index in [4.69, 9.17) is 16.3 Å². The van der Waals surface area contributed by atoms with E-state index < -0.39 is 5.91 Å². The Morgan fingerprint density at radius 1 is 1.03 bits per heavy atom. The van der Waals surface area contributed by atoms with Crippen LogP contribution in [0.1, 0.15) is 16.7 Å². The van der Waals surface area contributed by atoms with Crippen LogP contribution in [0.4, 0.5) is 11.4 Å². The molecule has 3 aromatic carbocycles. The SMILES string of the molecule is Cc1cccc(NC(=O)/C(C#N)=C\c2cccc(OCC(=O)Nc3ccc(Cl)cc3)c2)c1C. The first-order valence-corrected chi connectivity index (χ1v) is 10.5. The predicted octanol–water partition coefficient (Wildman–Crippen LogP) is 5.52. The molecule has 0 saturated carbocycles. The van der Waals surface area contributed by atoms with Gasteiger partial charge in [-0.3, -0.25) is 9.59 Å². The summed E-state index contributed by atoms with van der Waals surface area (Å²) in [5.41, 5.74) is 3.80. The van der Waals surface area contributed by atoms with E-state index in [0.29, 0.717) is 27.7 Å². The molecule has 0 spiro atoms. The Hall–Kier alpha value is -4.08. The van der Waals surface area contributed by atoms with Crippen LogP contribution >= 0.6 is 11.6 Å². The Morgan fingerprint density at radius 2 is 1.76 bits per heavy atom. The van der Waals surface area contributed by atoms with Gasteiger partial charge in [0.25, 0.3) is 11.8 Å². The molecule has 0 heterocycles. The summed E-state index contributed by atoms with van der Waals surface area (Å²) < 4.78 is 5.55. The van der Waals surface area contributed by atoms with Gasteiger partial charge < -0.3 is 15.4 Å². The molecule has 0 unspecified atom stereocenters. The number of amides is 2. The second-order valence-corrected chi connectivity index (χ2v) is 7.72. The maximum Gasteiger partial charge on any atom is 0.266 e. The fraction of sp³-hybridized carbons (Fsp3) is 0.115. The minimum Gasteiger partial charge on any atom is -0.484 e. The van der Waals surface area contributed by atoms with Crippen molar-refractivity contribution in [3.8, 4) is 11.8 Å². The number of carbonyl (C=O) groups excluding carboxylic acids is 2. The van der Waals surface area contributed by atoms with Crippen LogP contribution in [0, 0.1) is 25.2 Å². The van der Waals surface area contributed by atoms with Gasteiger partial charge in [-0.25, -0.2) is 0 Å². The Morgan fingerprint density at radius 3 is 2.48 bits per heavy atom. The number of hydrogen-bond donors (Lipinski definition) is 2. The molecule has 0 bridgehead atoms. The second-order valence-electron chi connectivity index (χ2n) is 7.29. The number of anilines is 2. The Balaban J connectivity index is 1.65. The van der Waals surface area contributed by atoms with E-state index >= 15 is 0 Å². The zero-order valence-corrected chi connectivity index (χ0v) is 18.9. The largest absolute Gasteiger partial charge is 0.484 e. The highest BCUT2D eigenvalue weighted by Gasteiger charge is 2.12. The van der Waals surface area contributed by atoms with Gasteiger partial charge in [-0.2, -0.15) is 5.26 Å². The maximum absolute atomic E-state index is 12.6. The molecule has 7 heteroatoms. The number of carbonyl (C=O) groups is 2. The lowest BCUT2D eigenvalue weighted by Crippen LogP contribution is -2.20. The van der Waals surface area contributed by atoms with Gasteiger partial charge in [0.2, 0.25) is 0 Å². The van der Waals surface area contributed by atoms with Crippen LogP contribution in [0.25, 0.3) is 6.08 Å². The molecule has 0 aliphatic carbocycles. The van der Waals surface area contributed by atoms with Crippen molar-refractivity contribution in [2.75, 3.05) is 17.2 Å². The van der Waals surface area contributed by atoms with Gasteiger partial charge in [-0.1, -0.05) is 35.9 Å². The van der Waals surface area contributed by atoms with Crippen molar-refractivity contribution >= 4 is 40.9 Å². The third kappa shape index (κ3) is 6.70. The average Bonchev–Trinajstić information content (AvgIpc) is 2.81. The summed E-state index contributed by atoms with van der Waals surface area (Å²) in [5, 5.41) is 15.6. The van der Waals surface area contributed by atoms with Gasteiger partial charge >= 0.3 is 0 Å². The molecule has 0 fully saturated rings. The van der Waals surface area contributed by atoms with Gasteiger partial charge in [-0.05, 0) is 79.1 Å². The van der Waals surface area contributed by atoms with E-state index in [1.54, 1.807) is 54.6 Å². The normalized spacial score (nSPS) is 10.8. The molecule has 6 nitrogen and oxygen atoms in total. The quantitative estimate of drug-likeness (QED) is 0.359. The fourth-order valence-electron chi connectivity index (χ4n) is 2.96. The van der Waals surface area contributed by atoms with E-state index in [0.717, 1.165) is 11.1 Å². The molecule has 2 N–H and O–H groups in total. The van der Waals surface area contributed by atoms with Gasteiger partial charge in [0.15, 0.2) is 6.61 Å². The zero-order valence-electron chi connectivity index (χ0n) is 18.2. The lowest BCUT2D eigenvalue weighted by molar-refractivity contribution is -0.118. The average molecular weight is 460 g/mol. The summed E-state index contributed by atoms with van der Waals surface area (Å²) in [6.45, 7) is 3.66. The van der Waals surface area contributed by atoms with E-state index in [2.05, 4.69) is 10.6 Å². The molecule has 0 radical (unpaired) electrons. The number of hydrogen-bond acceptors (Lipinski definition) is 4. The summed E-state index contributed by atoms with van der Waals surface area (Å²) in [4.78, 5) is 24.7. The number of halogens is 1. The number of nitrogens with one attached hydrogen (secondary N) is 2. The second kappa shape index (κ2) is 11.0. The number of nitrogens with zero attached hydrogens (tertiary/aromatic N) is 1. The number of benzene rings is 3. The van der Waals surface area contributed by atoms with Gasteiger partial charge in [-0.15, -0.1) is 0 Å². The van der Waals surface area contributed by atoms with Crippen LogP contribution in [0.5, 0.6) is 5.75 Å². The molecule has 2 amide bonds. The number of nitriles is 1. The Labute approximate surface area is 197 Å². The van der Waals surface area contributed by atoms with Gasteiger partial charge in [0.05, 0.1) is 0 Å². The van der Waals surface area contributed by atoms with Gasteiger partial charge in [0.1, 0.15) is 17.4 Å². The summed E-state index contributed by atoms with van der Waals surface area (Å²) in [5.74, 6) is -0.397. The first-order chi connectivity index (χ1) is 15.9. The highest BCUT2D eigenvalue weighted by molar-refractivity contribution is 6.30. The van der Waals surface area contributed by atoms with Crippen molar-refractivity contribution in [3.63, 3.8) is 0 Å². The molecule has 0 aliphatic heterocycles. The minimum absolute atomic E-state index is 0.0477.